The molecule has 0 bridgehead atoms. The predicted octanol–water partition coefficient (Wildman–Crippen LogP) is 3.92. The quantitative estimate of drug-likeness (QED) is 0.741. The molecule has 0 spiro atoms. The minimum Gasteiger partial charge on any atom is -0.398 e. The first-order valence-electron chi connectivity index (χ1n) is 7.12. The van der Waals surface area contributed by atoms with E-state index in [4.69, 9.17) is 5.73 Å². The van der Waals surface area contributed by atoms with Crippen molar-refractivity contribution in [2.45, 2.75) is 53.1 Å². The van der Waals surface area contributed by atoms with E-state index >= 15 is 0 Å². The molecule has 0 saturated carbocycles. The van der Waals surface area contributed by atoms with Crippen LogP contribution in [0.2, 0.25) is 0 Å². The molecule has 0 heterocycles. The molecule has 102 valence electrons. The van der Waals surface area contributed by atoms with Gasteiger partial charge in [0.2, 0.25) is 0 Å². The van der Waals surface area contributed by atoms with Crippen LogP contribution in [0.25, 0.3) is 0 Å². The Morgan fingerprint density at radius 1 is 1.17 bits per heavy atom. The van der Waals surface area contributed by atoms with Crippen LogP contribution in [0.1, 0.15) is 46.1 Å². The molecule has 0 aliphatic carbocycles. The summed E-state index contributed by atoms with van der Waals surface area (Å²) in [6.07, 6.45) is 2.43. The third-order valence-corrected chi connectivity index (χ3v) is 3.38. The van der Waals surface area contributed by atoms with Crippen molar-refractivity contribution < 1.29 is 0 Å². The van der Waals surface area contributed by atoms with E-state index in [1.165, 1.54) is 18.4 Å². The minimum absolute atomic E-state index is 0.615. The van der Waals surface area contributed by atoms with Gasteiger partial charge in [0.15, 0.2) is 0 Å². The van der Waals surface area contributed by atoms with Gasteiger partial charge in [0.25, 0.3) is 0 Å². The van der Waals surface area contributed by atoms with Crippen molar-refractivity contribution in [1.82, 2.24) is 4.90 Å². The summed E-state index contributed by atoms with van der Waals surface area (Å²) < 4.78 is 0. The molecule has 0 aromatic heterocycles. The molecule has 1 rings (SSSR count). The van der Waals surface area contributed by atoms with E-state index in [9.17, 15) is 0 Å². The first-order valence-corrected chi connectivity index (χ1v) is 7.12. The van der Waals surface area contributed by atoms with Gasteiger partial charge in [-0.15, -0.1) is 0 Å². The Morgan fingerprint density at radius 2 is 1.83 bits per heavy atom. The topological polar surface area (TPSA) is 29.3 Å². The summed E-state index contributed by atoms with van der Waals surface area (Å²) in [7, 11) is 0. The van der Waals surface area contributed by atoms with Gasteiger partial charge in [0, 0.05) is 18.3 Å². The van der Waals surface area contributed by atoms with Gasteiger partial charge in [-0.3, -0.25) is 4.90 Å². The van der Waals surface area contributed by atoms with Crippen LogP contribution in [-0.2, 0) is 6.54 Å². The Balaban J connectivity index is 2.71. The molecule has 2 nitrogen and oxygen atoms in total. The van der Waals surface area contributed by atoms with Gasteiger partial charge in [-0.25, -0.2) is 0 Å². The summed E-state index contributed by atoms with van der Waals surface area (Å²) in [6.45, 7) is 11.3. The van der Waals surface area contributed by atoms with Crippen LogP contribution < -0.4 is 5.73 Å². The summed E-state index contributed by atoms with van der Waals surface area (Å²) in [5.74, 6) is 0.743. The second-order valence-corrected chi connectivity index (χ2v) is 5.65. The number of nitrogen functional groups attached to an aromatic ring is 1. The number of rotatable bonds is 7. The highest BCUT2D eigenvalue weighted by Crippen LogP contribution is 2.18. The summed E-state index contributed by atoms with van der Waals surface area (Å²) in [5, 5.41) is 0. The molecule has 1 aromatic rings. The van der Waals surface area contributed by atoms with Crippen LogP contribution in [0.15, 0.2) is 24.3 Å². The lowest BCUT2D eigenvalue weighted by Gasteiger charge is -2.30. The van der Waals surface area contributed by atoms with E-state index in [0.29, 0.717) is 6.04 Å². The first kappa shape index (κ1) is 15.0. The highest BCUT2D eigenvalue weighted by Gasteiger charge is 2.15. The number of benzene rings is 1. The third kappa shape index (κ3) is 4.69. The van der Waals surface area contributed by atoms with Gasteiger partial charge in [-0.2, -0.15) is 0 Å². The number of nitrogens with zero attached hydrogens (tertiary/aromatic N) is 1. The van der Waals surface area contributed by atoms with E-state index in [1.54, 1.807) is 0 Å². The molecule has 0 saturated heterocycles. The standard InChI is InChI=1S/C16H28N2/c1-5-10-18(14(4)11-13(2)3)12-15-8-6-7-9-16(15)17/h6-9,13-14H,5,10-12,17H2,1-4H3. The average molecular weight is 248 g/mol. The van der Waals surface area contributed by atoms with Gasteiger partial charge < -0.3 is 5.73 Å². The third-order valence-electron chi connectivity index (χ3n) is 3.38. The molecule has 0 radical (unpaired) electrons. The number of hydrogen-bond acceptors (Lipinski definition) is 2. The van der Waals surface area contributed by atoms with Crippen LogP contribution in [0.4, 0.5) is 5.69 Å². The maximum atomic E-state index is 6.04. The normalized spacial score (nSPS) is 13.2. The smallest absolute Gasteiger partial charge is 0.0359 e. The number of para-hydroxylation sites is 1. The molecule has 0 fully saturated rings. The van der Waals surface area contributed by atoms with Crippen molar-refractivity contribution in [2.75, 3.05) is 12.3 Å². The lowest BCUT2D eigenvalue weighted by molar-refractivity contribution is 0.178. The van der Waals surface area contributed by atoms with Gasteiger partial charge in [-0.1, -0.05) is 39.0 Å². The van der Waals surface area contributed by atoms with E-state index in [0.717, 1.165) is 24.7 Å². The van der Waals surface area contributed by atoms with Crippen molar-refractivity contribution >= 4 is 5.69 Å². The lowest BCUT2D eigenvalue weighted by atomic mass is 10.0. The van der Waals surface area contributed by atoms with Crippen molar-refractivity contribution in [3.8, 4) is 0 Å². The average Bonchev–Trinajstić information content (AvgIpc) is 2.30. The van der Waals surface area contributed by atoms with E-state index < -0.39 is 0 Å². The fraction of sp³-hybridized carbons (Fsp3) is 0.625. The molecule has 18 heavy (non-hydrogen) atoms. The van der Waals surface area contributed by atoms with Crippen molar-refractivity contribution in [3.05, 3.63) is 29.8 Å². The van der Waals surface area contributed by atoms with Crippen molar-refractivity contribution in [2.24, 2.45) is 5.92 Å². The molecule has 1 aromatic carbocycles. The Kier molecular flexibility index (Phi) is 6.20. The maximum absolute atomic E-state index is 6.04. The monoisotopic (exact) mass is 248 g/mol. The lowest BCUT2D eigenvalue weighted by Crippen LogP contribution is -2.34. The molecule has 0 aliphatic rings. The van der Waals surface area contributed by atoms with Gasteiger partial charge in [-0.05, 0) is 43.9 Å². The zero-order chi connectivity index (χ0) is 13.5. The van der Waals surface area contributed by atoms with E-state index in [-0.39, 0.29) is 0 Å². The number of hydrogen-bond donors (Lipinski definition) is 1. The Labute approximate surface area is 112 Å². The van der Waals surface area contributed by atoms with Crippen LogP contribution >= 0.6 is 0 Å². The van der Waals surface area contributed by atoms with Gasteiger partial charge in [0.05, 0.1) is 0 Å². The summed E-state index contributed by atoms with van der Waals surface area (Å²) >= 11 is 0. The zero-order valence-electron chi connectivity index (χ0n) is 12.3. The highest BCUT2D eigenvalue weighted by molar-refractivity contribution is 5.46. The molecule has 2 N–H and O–H groups in total. The second kappa shape index (κ2) is 7.42. The fourth-order valence-electron chi connectivity index (χ4n) is 2.47. The Hall–Kier alpha value is -1.02. The molecule has 0 aliphatic heterocycles. The van der Waals surface area contributed by atoms with Crippen molar-refractivity contribution in [1.29, 1.82) is 0 Å². The largest absolute Gasteiger partial charge is 0.398 e. The Bertz CT molecular complexity index is 347. The highest BCUT2D eigenvalue weighted by atomic mass is 15.1. The summed E-state index contributed by atoms with van der Waals surface area (Å²) in [4.78, 5) is 2.55. The SMILES string of the molecule is CCCN(Cc1ccccc1N)C(C)CC(C)C. The summed E-state index contributed by atoms with van der Waals surface area (Å²) in [5.41, 5.74) is 8.20. The molecular formula is C16H28N2. The Morgan fingerprint density at radius 3 is 2.39 bits per heavy atom. The van der Waals surface area contributed by atoms with Crippen LogP contribution in [0.3, 0.4) is 0 Å². The molecule has 0 amide bonds. The minimum atomic E-state index is 0.615. The molecule has 2 heteroatoms. The van der Waals surface area contributed by atoms with E-state index in [1.807, 2.05) is 12.1 Å². The van der Waals surface area contributed by atoms with Crippen LogP contribution in [0.5, 0.6) is 0 Å². The van der Waals surface area contributed by atoms with Crippen LogP contribution in [0, 0.1) is 5.92 Å². The predicted molar refractivity (Wildman–Crippen MR) is 80.5 cm³/mol. The van der Waals surface area contributed by atoms with Gasteiger partial charge in [0.1, 0.15) is 0 Å². The van der Waals surface area contributed by atoms with Gasteiger partial charge >= 0.3 is 0 Å². The summed E-state index contributed by atoms with van der Waals surface area (Å²) in [6, 6.07) is 8.82. The van der Waals surface area contributed by atoms with Crippen LogP contribution in [-0.4, -0.2) is 17.5 Å². The van der Waals surface area contributed by atoms with E-state index in [2.05, 4.69) is 44.7 Å². The second-order valence-electron chi connectivity index (χ2n) is 5.65. The first-order chi connectivity index (χ1) is 8.54. The van der Waals surface area contributed by atoms with Crippen molar-refractivity contribution in [3.63, 3.8) is 0 Å². The maximum Gasteiger partial charge on any atom is 0.0359 e. The molecular weight excluding hydrogens is 220 g/mol. The zero-order valence-corrected chi connectivity index (χ0v) is 12.3. The number of nitrogens with two attached hydrogens (primary N) is 1. The molecule has 1 atom stereocenters. The fourth-order valence-corrected chi connectivity index (χ4v) is 2.47. The number of anilines is 1. The molecule has 1 unspecified atom stereocenters.